The number of hydrogen-bond acceptors (Lipinski definition) is 1. The minimum atomic E-state index is 0.0999. The van der Waals surface area contributed by atoms with Crippen LogP contribution in [0.15, 0.2) is 85.1 Å². The van der Waals surface area contributed by atoms with Gasteiger partial charge in [-0.1, -0.05) is 85.8 Å². The van der Waals surface area contributed by atoms with Gasteiger partial charge in [-0.25, -0.2) is 0 Å². The number of rotatable bonds is 9. The van der Waals surface area contributed by atoms with Crippen molar-refractivity contribution >= 4 is 16.8 Å². The highest BCUT2D eigenvalue weighted by Crippen LogP contribution is 2.33. The molecule has 1 heterocycles. The zero-order valence-electron chi connectivity index (χ0n) is 18.1. The molecule has 2 N–H and O–H groups in total. The van der Waals surface area contributed by atoms with Crippen LogP contribution >= 0.6 is 0 Å². The zero-order chi connectivity index (χ0) is 21.5. The van der Waals surface area contributed by atoms with Gasteiger partial charge in [-0.15, -0.1) is 0 Å². The van der Waals surface area contributed by atoms with Crippen molar-refractivity contribution in [2.45, 2.75) is 45.1 Å². The number of amides is 1. The molecule has 1 atom stereocenters. The fourth-order valence-electron chi connectivity index (χ4n) is 4.32. The molecular formula is C28H30N2O. The topological polar surface area (TPSA) is 44.9 Å². The molecule has 158 valence electrons. The number of fused-ring (bicyclic) bond motifs is 1. The number of aromatic nitrogens is 1. The number of carbonyl (C=O) groups is 1. The van der Waals surface area contributed by atoms with Crippen molar-refractivity contribution in [3.8, 4) is 0 Å². The van der Waals surface area contributed by atoms with Crippen molar-refractivity contribution in [3.05, 3.63) is 107 Å². The van der Waals surface area contributed by atoms with Crippen LogP contribution in [0.25, 0.3) is 10.9 Å². The van der Waals surface area contributed by atoms with Gasteiger partial charge in [-0.05, 0) is 47.4 Å². The first-order valence-corrected chi connectivity index (χ1v) is 11.2. The molecule has 0 fully saturated rings. The van der Waals surface area contributed by atoms with Crippen molar-refractivity contribution in [1.82, 2.24) is 10.3 Å². The predicted octanol–water partition coefficient (Wildman–Crippen LogP) is 6.15. The van der Waals surface area contributed by atoms with Gasteiger partial charge in [0.05, 0.1) is 0 Å². The molecule has 3 nitrogen and oxygen atoms in total. The van der Waals surface area contributed by atoms with Crippen LogP contribution in [0.4, 0.5) is 0 Å². The summed E-state index contributed by atoms with van der Waals surface area (Å²) in [7, 11) is 0. The Morgan fingerprint density at radius 3 is 2.32 bits per heavy atom. The van der Waals surface area contributed by atoms with Crippen LogP contribution in [-0.4, -0.2) is 10.9 Å². The molecule has 0 aliphatic carbocycles. The third-order valence-corrected chi connectivity index (χ3v) is 6.04. The summed E-state index contributed by atoms with van der Waals surface area (Å²) in [5, 5.41) is 4.35. The Morgan fingerprint density at radius 2 is 1.61 bits per heavy atom. The van der Waals surface area contributed by atoms with E-state index in [4.69, 9.17) is 0 Å². The highest BCUT2D eigenvalue weighted by atomic mass is 16.1. The van der Waals surface area contributed by atoms with Gasteiger partial charge in [0.15, 0.2) is 0 Å². The van der Waals surface area contributed by atoms with Gasteiger partial charge in [0.25, 0.3) is 0 Å². The highest BCUT2D eigenvalue weighted by Gasteiger charge is 2.20. The first kappa shape index (κ1) is 20.9. The summed E-state index contributed by atoms with van der Waals surface area (Å²) in [5.74, 6) is 0.264. The average molecular weight is 411 g/mol. The zero-order valence-corrected chi connectivity index (χ0v) is 18.1. The van der Waals surface area contributed by atoms with Crippen molar-refractivity contribution in [2.24, 2.45) is 0 Å². The number of aryl methyl sites for hydroxylation is 2. The maximum atomic E-state index is 12.9. The average Bonchev–Trinajstić information content (AvgIpc) is 3.26. The van der Waals surface area contributed by atoms with E-state index in [1.165, 1.54) is 27.6 Å². The van der Waals surface area contributed by atoms with Crippen LogP contribution in [0.5, 0.6) is 0 Å². The Bertz CT molecular complexity index is 1120. The first-order chi connectivity index (χ1) is 15.2. The second-order valence-electron chi connectivity index (χ2n) is 8.12. The minimum Gasteiger partial charge on any atom is -0.361 e. The molecule has 0 unspecified atom stereocenters. The first-order valence-electron chi connectivity index (χ1n) is 11.2. The van der Waals surface area contributed by atoms with Gasteiger partial charge < -0.3 is 10.3 Å². The van der Waals surface area contributed by atoms with Gasteiger partial charge >= 0.3 is 0 Å². The number of hydrogen-bond donors (Lipinski definition) is 2. The van der Waals surface area contributed by atoms with Gasteiger partial charge in [0.2, 0.25) is 5.91 Å². The van der Waals surface area contributed by atoms with Crippen molar-refractivity contribution in [1.29, 1.82) is 0 Å². The molecule has 4 rings (SSSR count). The molecular weight excluding hydrogens is 380 g/mol. The Kier molecular flexibility index (Phi) is 6.83. The van der Waals surface area contributed by atoms with Crippen molar-refractivity contribution in [3.63, 3.8) is 0 Å². The highest BCUT2D eigenvalue weighted by molar-refractivity contribution is 5.87. The summed E-state index contributed by atoms with van der Waals surface area (Å²) in [6.07, 6.45) is 5.49. The van der Waals surface area contributed by atoms with E-state index in [0.29, 0.717) is 13.0 Å². The molecule has 0 bridgehead atoms. The molecule has 0 spiro atoms. The molecule has 1 aromatic heterocycles. The molecule has 3 heteroatoms. The lowest BCUT2D eigenvalue weighted by Gasteiger charge is -2.17. The molecule has 31 heavy (non-hydrogen) atoms. The van der Waals surface area contributed by atoms with E-state index in [2.05, 4.69) is 65.9 Å². The summed E-state index contributed by atoms with van der Waals surface area (Å²) in [5.41, 5.74) is 6.20. The third kappa shape index (κ3) is 5.24. The summed E-state index contributed by atoms with van der Waals surface area (Å²) in [6.45, 7) is 2.75. The molecule has 4 aromatic rings. The van der Waals surface area contributed by atoms with Crippen molar-refractivity contribution < 1.29 is 4.79 Å². The number of nitrogens with one attached hydrogen (secondary N) is 2. The summed E-state index contributed by atoms with van der Waals surface area (Å²) >= 11 is 0. The lowest BCUT2D eigenvalue weighted by Crippen LogP contribution is -2.24. The van der Waals surface area contributed by atoms with Gasteiger partial charge in [-0.2, -0.15) is 0 Å². The number of benzene rings is 3. The second kappa shape index (κ2) is 10.1. The SMILES string of the molecule is CCc1cccc2c([C@H](CCc3ccccc3)CC(=O)NCc3ccccc3)c[nH]c12. The predicted molar refractivity (Wildman–Crippen MR) is 128 cm³/mol. The van der Waals surface area contributed by atoms with Crippen LogP contribution in [0.2, 0.25) is 0 Å². The summed E-state index contributed by atoms with van der Waals surface area (Å²) in [4.78, 5) is 16.4. The Hall–Kier alpha value is -3.33. The van der Waals surface area contributed by atoms with E-state index in [0.717, 1.165) is 24.8 Å². The summed E-state index contributed by atoms with van der Waals surface area (Å²) in [6, 6.07) is 27.1. The van der Waals surface area contributed by atoms with E-state index in [1.54, 1.807) is 0 Å². The van der Waals surface area contributed by atoms with Crippen molar-refractivity contribution in [2.75, 3.05) is 0 Å². The maximum Gasteiger partial charge on any atom is 0.220 e. The second-order valence-corrected chi connectivity index (χ2v) is 8.12. The van der Waals surface area contributed by atoms with E-state index >= 15 is 0 Å². The lowest BCUT2D eigenvalue weighted by molar-refractivity contribution is -0.121. The van der Waals surface area contributed by atoms with Gasteiger partial charge in [-0.3, -0.25) is 4.79 Å². The number of aromatic amines is 1. The molecule has 3 aromatic carbocycles. The number of carbonyl (C=O) groups excluding carboxylic acids is 1. The van der Waals surface area contributed by atoms with Crippen LogP contribution < -0.4 is 5.32 Å². The fraction of sp³-hybridized carbons (Fsp3) is 0.250. The van der Waals surface area contributed by atoms with Gasteiger partial charge in [0, 0.05) is 30.1 Å². The Labute approximate surface area is 184 Å². The Balaban J connectivity index is 1.53. The molecule has 0 saturated carbocycles. The fourth-order valence-corrected chi connectivity index (χ4v) is 4.32. The minimum absolute atomic E-state index is 0.0999. The number of H-pyrrole nitrogens is 1. The quantitative estimate of drug-likeness (QED) is 0.341. The monoisotopic (exact) mass is 410 g/mol. The molecule has 0 aliphatic rings. The third-order valence-electron chi connectivity index (χ3n) is 6.04. The van der Waals surface area contributed by atoms with Crippen LogP contribution in [-0.2, 0) is 24.2 Å². The lowest BCUT2D eigenvalue weighted by atomic mass is 9.88. The molecule has 0 saturated heterocycles. The van der Waals surface area contributed by atoms with E-state index in [-0.39, 0.29) is 11.8 Å². The largest absolute Gasteiger partial charge is 0.361 e. The van der Waals surface area contributed by atoms with E-state index in [9.17, 15) is 4.79 Å². The van der Waals surface area contributed by atoms with Gasteiger partial charge in [0.1, 0.15) is 0 Å². The summed E-state index contributed by atoms with van der Waals surface area (Å²) < 4.78 is 0. The standard InChI is InChI=1S/C28H30N2O/c1-2-23-14-9-15-25-26(20-30-28(23)25)24(17-16-21-10-5-3-6-11-21)18-27(31)29-19-22-12-7-4-8-13-22/h3-15,20,24,30H,2,16-19H2,1H3,(H,29,31)/t24-/m1/s1. The van der Waals surface area contributed by atoms with Crippen LogP contribution in [0.1, 0.15) is 47.9 Å². The maximum absolute atomic E-state index is 12.9. The Morgan fingerprint density at radius 1 is 0.903 bits per heavy atom. The van der Waals surface area contributed by atoms with E-state index < -0.39 is 0 Å². The van der Waals surface area contributed by atoms with Crippen LogP contribution in [0.3, 0.4) is 0 Å². The number of para-hydroxylation sites is 1. The molecule has 0 aliphatic heterocycles. The molecule has 0 radical (unpaired) electrons. The molecule has 1 amide bonds. The van der Waals surface area contributed by atoms with E-state index in [1.807, 2.05) is 36.4 Å². The smallest absolute Gasteiger partial charge is 0.220 e. The normalized spacial score (nSPS) is 12.0. The van der Waals surface area contributed by atoms with Crippen LogP contribution in [0, 0.1) is 0 Å².